The van der Waals surface area contributed by atoms with Crippen LogP contribution in [-0.2, 0) is 0 Å². The van der Waals surface area contributed by atoms with Crippen molar-refractivity contribution in [1.29, 1.82) is 0 Å². The molecule has 3 heteroatoms. The number of hydrogen-bond acceptors (Lipinski definition) is 2. The minimum atomic E-state index is 0.691. The second-order valence-electron chi connectivity index (χ2n) is 15.4. The van der Waals surface area contributed by atoms with Crippen LogP contribution >= 0.6 is 0 Å². The molecule has 0 aliphatic rings. The third-order valence-corrected chi connectivity index (χ3v) is 11.9. The van der Waals surface area contributed by atoms with E-state index in [4.69, 9.17) is 9.97 Å². The smallest absolute Gasteiger partial charge is 0.160 e. The predicted molar refractivity (Wildman–Crippen MR) is 248 cm³/mol. The third kappa shape index (κ3) is 5.51. The maximum atomic E-state index is 5.40. The Morgan fingerprint density at radius 3 is 1.76 bits per heavy atom. The van der Waals surface area contributed by atoms with Gasteiger partial charge in [0.15, 0.2) is 5.82 Å². The Labute approximate surface area is 341 Å². The maximum Gasteiger partial charge on any atom is 0.160 e. The van der Waals surface area contributed by atoms with Crippen molar-refractivity contribution in [2.75, 3.05) is 0 Å². The fraction of sp³-hybridized carbons (Fsp3) is 0. The lowest BCUT2D eigenvalue weighted by Gasteiger charge is -2.16. The van der Waals surface area contributed by atoms with Crippen molar-refractivity contribution in [2.24, 2.45) is 0 Å². The highest BCUT2D eigenvalue weighted by Crippen LogP contribution is 2.43. The molecule has 2 heterocycles. The van der Waals surface area contributed by atoms with E-state index < -0.39 is 0 Å². The number of rotatable bonds is 5. The minimum Gasteiger partial charge on any atom is -0.309 e. The van der Waals surface area contributed by atoms with Gasteiger partial charge in [-0.25, -0.2) is 9.97 Å². The number of aromatic nitrogens is 3. The molecule has 0 radical (unpaired) electrons. The Morgan fingerprint density at radius 2 is 0.966 bits per heavy atom. The zero-order valence-corrected chi connectivity index (χ0v) is 32.0. The van der Waals surface area contributed by atoms with E-state index in [0.717, 1.165) is 66.3 Å². The topological polar surface area (TPSA) is 30.7 Å². The average Bonchev–Trinajstić information content (AvgIpc) is 3.63. The van der Waals surface area contributed by atoms with Crippen LogP contribution in [0.25, 0.3) is 116 Å². The SMILES string of the molecule is c1ccc(-c2ccc3c(-c4ccccc4)nc(-c4cc(-n5c6cc7ccccc7cc6c6c(-c7ccc8ccccc8c7)cccc65)c5ccccc5c4)nc3c2)cc1. The molecule has 12 aromatic rings. The first-order chi connectivity index (χ1) is 29.2. The van der Waals surface area contributed by atoms with Crippen molar-refractivity contribution in [3.63, 3.8) is 0 Å². The second-order valence-corrected chi connectivity index (χ2v) is 15.4. The molecular formula is C56H35N3. The molecule has 0 atom stereocenters. The molecule has 0 bridgehead atoms. The molecule has 0 spiro atoms. The molecular weight excluding hydrogens is 715 g/mol. The van der Waals surface area contributed by atoms with Gasteiger partial charge >= 0.3 is 0 Å². The summed E-state index contributed by atoms with van der Waals surface area (Å²) >= 11 is 0. The van der Waals surface area contributed by atoms with E-state index >= 15 is 0 Å². The van der Waals surface area contributed by atoms with Crippen molar-refractivity contribution >= 4 is 65.0 Å². The molecule has 12 rings (SSSR count). The van der Waals surface area contributed by atoms with Gasteiger partial charge in [-0.15, -0.1) is 0 Å². The van der Waals surface area contributed by atoms with Crippen LogP contribution in [0.4, 0.5) is 0 Å². The Bertz CT molecular complexity index is 3600. The first-order valence-electron chi connectivity index (χ1n) is 20.1. The normalized spacial score (nSPS) is 11.7. The van der Waals surface area contributed by atoms with Crippen LogP contribution in [0, 0.1) is 0 Å². The first-order valence-corrected chi connectivity index (χ1v) is 20.1. The first kappa shape index (κ1) is 33.3. The van der Waals surface area contributed by atoms with E-state index in [2.05, 4.69) is 217 Å². The molecule has 0 N–H and O–H groups in total. The Balaban J connectivity index is 1.15. The summed E-state index contributed by atoms with van der Waals surface area (Å²) in [7, 11) is 0. The second kappa shape index (κ2) is 13.4. The van der Waals surface area contributed by atoms with Gasteiger partial charge in [0.2, 0.25) is 0 Å². The summed E-state index contributed by atoms with van der Waals surface area (Å²) in [6, 6.07) is 76.4. The fourth-order valence-electron chi connectivity index (χ4n) is 9.10. The molecule has 10 aromatic carbocycles. The van der Waals surface area contributed by atoms with E-state index in [1.807, 2.05) is 0 Å². The molecule has 59 heavy (non-hydrogen) atoms. The number of fused-ring (bicyclic) bond motifs is 7. The van der Waals surface area contributed by atoms with Gasteiger partial charge < -0.3 is 4.57 Å². The molecule has 274 valence electrons. The Hall–Kier alpha value is -7.88. The number of benzene rings is 10. The standard InChI is InChI=1S/C56H35N3/c1-3-14-36(15-4-1)42-28-29-48-50(33-42)57-56(58-55(48)38-17-5-2-6-18-38)45-31-43-22-11-12-23-46(43)52(35-45)59-51-25-13-24-47(44-27-26-37-16-7-8-19-39(37)30-44)54(51)49-32-40-20-9-10-21-41(40)34-53(49)59/h1-35H. The van der Waals surface area contributed by atoms with Crippen LogP contribution < -0.4 is 0 Å². The largest absolute Gasteiger partial charge is 0.309 e. The van der Waals surface area contributed by atoms with Crippen molar-refractivity contribution in [2.45, 2.75) is 0 Å². The lowest BCUT2D eigenvalue weighted by atomic mass is 9.96. The van der Waals surface area contributed by atoms with E-state index in [1.54, 1.807) is 0 Å². The van der Waals surface area contributed by atoms with Gasteiger partial charge in [-0.3, -0.25) is 0 Å². The highest BCUT2D eigenvalue weighted by Gasteiger charge is 2.21. The third-order valence-electron chi connectivity index (χ3n) is 11.9. The Kier molecular flexibility index (Phi) is 7.54. The van der Waals surface area contributed by atoms with Gasteiger partial charge in [0.1, 0.15) is 0 Å². The summed E-state index contributed by atoms with van der Waals surface area (Å²) in [6.45, 7) is 0. The van der Waals surface area contributed by atoms with Crippen LogP contribution in [0.5, 0.6) is 0 Å². The molecule has 0 aliphatic heterocycles. The van der Waals surface area contributed by atoms with Gasteiger partial charge in [-0.05, 0) is 97.7 Å². The number of nitrogens with zero attached hydrogens (tertiary/aromatic N) is 3. The van der Waals surface area contributed by atoms with Gasteiger partial charge in [-0.1, -0.05) is 164 Å². The van der Waals surface area contributed by atoms with Gasteiger partial charge in [0, 0.05) is 32.7 Å². The summed E-state index contributed by atoms with van der Waals surface area (Å²) in [4.78, 5) is 10.8. The predicted octanol–water partition coefficient (Wildman–Crippen LogP) is 14.9. The van der Waals surface area contributed by atoms with E-state index in [9.17, 15) is 0 Å². The van der Waals surface area contributed by atoms with Crippen LogP contribution in [0.15, 0.2) is 212 Å². The van der Waals surface area contributed by atoms with Crippen LogP contribution in [0.3, 0.4) is 0 Å². The maximum absolute atomic E-state index is 5.40. The molecule has 0 saturated heterocycles. The number of hydrogen-bond donors (Lipinski definition) is 0. The minimum absolute atomic E-state index is 0.691. The molecule has 3 nitrogen and oxygen atoms in total. The van der Waals surface area contributed by atoms with Crippen LogP contribution in [0.2, 0.25) is 0 Å². The van der Waals surface area contributed by atoms with Crippen molar-refractivity contribution in [1.82, 2.24) is 14.5 Å². The molecule has 0 unspecified atom stereocenters. The van der Waals surface area contributed by atoms with Crippen LogP contribution in [-0.4, -0.2) is 14.5 Å². The van der Waals surface area contributed by atoms with Crippen LogP contribution in [0.1, 0.15) is 0 Å². The van der Waals surface area contributed by atoms with Gasteiger partial charge in [-0.2, -0.15) is 0 Å². The van der Waals surface area contributed by atoms with E-state index in [0.29, 0.717) is 5.82 Å². The lowest BCUT2D eigenvalue weighted by Crippen LogP contribution is -1.99. The molecule has 0 saturated carbocycles. The summed E-state index contributed by atoms with van der Waals surface area (Å²) in [5.74, 6) is 0.691. The van der Waals surface area contributed by atoms with Crippen molar-refractivity contribution < 1.29 is 0 Å². The fourth-order valence-corrected chi connectivity index (χ4v) is 9.10. The lowest BCUT2D eigenvalue weighted by molar-refractivity contribution is 1.19. The van der Waals surface area contributed by atoms with E-state index in [1.165, 1.54) is 43.4 Å². The van der Waals surface area contributed by atoms with Gasteiger partial charge in [0.25, 0.3) is 0 Å². The van der Waals surface area contributed by atoms with Crippen molar-refractivity contribution in [3.8, 4) is 50.6 Å². The monoisotopic (exact) mass is 749 g/mol. The zero-order valence-electron chi connectivity index (χ0n) is 32.0. The molecule has 0 fully saturated rings. The molecule has 0 amide bonds. The molecule has 0 aliphatic carbocycles. The summed E-state index contributed by atoms with van der Waals surface area (Å²) in [6.07, 6.45) is 0. The highest BCUT2D eigenvalue weighted by molar-refractivity contribution is 6.19. The molecule has 2 aromatic heterocycles. The average molecular weight is 750 g/mol. The van der Waals surface area contributed by atoms with E-state index in [-0.39, 0.29) is 0 Å². The zero-order chi connectivity index (χ0) is 38.9. The summed E-state index contributed by atoms with van der Waals surface area (Å²) in [5.41, 5.74) is 12.0. The summed E-state index contributed by atoms with van der Waals surface area (Å²) < 4.78 is 2.47. The van der Waals surface area contributed by atoms with Crippen molar-refractivity contribution in [3.05, 3.63) is 212 Å². The summed E-state index contributed by atoms with van der Waals surface area (Å²) in [5, 5.41) is 10.7. The highest BCUT2D eigenvalue weighted by atomic mass is 15.0. The quantitative estimate of drug-likeness (QED) is 0.175. The Morgan fingerprint density at radius 1 is 0.322 bits per heavy atom. The van der Waals surface area contributed by atoms with Gasteiger partial charge in [0.05, 0.1) is 27.9 Å².